The summed E-state index contributed by atoms with van der Waals surface area (Å²) in [7, 11) is 0. The molecular weight excluding hydrogens is 190 g/mol. The standard InChI is InChI=1S/C11H13N3O/c12-8(7-3-4-7)6-10-14-11-9(15-10)2-1-5-13-11/h1-2,5,7-8H,3-4,6,12H2. The van der Waals surface area contributed by atoms with Crippen molar-refractivity contribution in [2.75, 3.05) is 0 Å². The van der Waals surface area contributed by atoms with Crippen LogP contribution in [0.2, 0.25) is 0 Å². The van der Waals surface area contributed by atoms with Crippen molar-refractivity contribution in [1.29, 1.82) is 0 Å². The molecule has 0 aromatic carbocycles. The molecule has 4 heteroatoms. The molecule has 1 atom stereocenters. The number of nitrogens with zero attached hydrogens (tertiary/aromatic N) is 2. The van der Waals surface area contributed by atoms with Gasteiger partial charge < -0.3 is 10.2 Å². The Balaban J connectivity index is 1.84. The lowest BCUT2D eigenvalue weighted by Gasteiger charge is -2.05. The van der Waals surface area contributed by atoms with Gasteiger partial charge >= 0.3 is 0 Å². The molecule has 15 heavy (non-hydrogen) atoms. The SMILES string of the molecule is NC(Cc1nc2ncccc2o1)C1CC1. The van der Waals surface area contributed by atoms with Crippen LogP contribution in [0.3, 0.4) is 0 Å². The molecule has 2 N–H and O–H groups in total. The number of hydrogen-bond donors (Lipinski definition) is 1. The molecule has 4 nitrogen and oxygen atoms in total. The van der Waals surface area contributed by atoms with Crippen molar-refractivity contribution in [3.63, 3.8) is 0 Å². The Morgan fingerprint density at radius 1 is 1.53 bits per heavy atom. The summed E-state index contributed by atoms with van der Waals surface area (Å²) >= 11 is 0. The van der Waals surface area contributed by atoms with Gasteiger partial charge in [0.2, 0.25) is 0 Å². The van der Waals surface area contributed by atoms with E-state index in [-0.39, 0.29) is 6.04 Å². The molecule has 1 aliphatic carbocycles. The number of pyridine rings is 1. The van der Waals surface area contributed by atoms with E-state index in [1.165, 1.54) is 12.8 Å². The fourth-order valence-electron chi connectivity index (χ4n) is 1.79. The van der Waals surface area contributed by atoms with Gasteiger partial charge in [0.25, 0.3) is 0 Å². The quantitative estimate of drug-likeness (QED) is 0.821. The Morgan fingerprint density at radius 2 is 2.40 bits per heavy atom. The predicted octanol–water partition coefficient (Wildman–Crippen LogP) is 1.50. The van der Waals surface area contributed by atoms with Crippen molar-refractivity contribution in [3.05, 3.63) is 24.2 Å². The number of rotatable bonds is 3. The number of fused-ring (bicyclic) bond motifs is 1. The first-order chi connectivity index (χ1) is 7.33. The first-order valence-corrected chi connectivity index (χ1v) is 5.29. The maximum Gasteiger partial charge on any atom is 0.198 e. The zero-order valence-corrected chi connectivity index (χ0v) is 8.39. The molecule has 0 bridgehead atoms. The molecule has 1 aliphatic rings. The highest BCUT2D eigenvalue weighted by molar-refractivity contribution is 5.66. The highest BCUT2D eigenvalue weighted by Gasteiger charge is 2.29. The molecule has 0 radical (unpaired) electrons. The monoisotopic (exact) mass is 203 g/mol. The summed E-state index contributed by atoms with van der Waals surface area (Å²) in [6.07, 6.45) is 4.94. The molecule has 1 saturated carbocycles. The van der Waals surface area contributed by atoms with Crippen LogP contribution >= 0.6 is 0 Å². The lowest BCUT2D eigenvalue weighted by Crippen LogP contribution is -2.25. The highest BCUT2D eigenvalue weighted by Crippen LogP contribution is 2.32. The molecule has 2 heterocycles. The molecule has 0 saturated heterocycles. The van der Waals surface area contributed by atoms with Crippen LogP contribution in [0.4, 0.5) is 0 Å². The lowest BCUT2D eigenvalue weighted by atomic mass is 10.1. The molecule has 0 spiro atoms. The Kier molecular flexibility index (Phi) is 1.95. The van der Waals surface area contributed by atoms with Gasteiger partial charge in [-0.25, -0.2) is 4.98 Å². The summed E-state index contributed by atoms with van der Waals surface area (Å²) in [5.41, 5.74) is 7.43. The molecule has 1 fully saturated rings. The van der Waals surface area contributed by atoms with Crippen LogP contribution < -0.4 is 5.73 Å². The fraction of sp³-hybridized carbons (Fsp3) is 0.455. The summed E-state index contributed by atoms with van der Waals surface area (Å²) < 4.78 is 5.56. The topological polar surface area (TPSA) is 64.9 Å². The highest BCUT2D eigenvalue weighted by atomic mass is 16.3. The average molecular weight is 203 g/mol. The van der Waals surface area contributed by atoms with Crippen LogP contribution in [-0.2, 0) is 6.42 Å². The normalized spacial score (nSPS) is 18.2. The average Bonchev–Trinajstić information content (AvgIpc) is 2.99. The van der Waals surface area contributed by atoms with Crippen molar-refractivity contribution in [2.24, 2.45) is 11.7 Å². The van der Waals surface area contributed by atoms with Gasteiger partial charge in [0.15, 0.2) is 17.1 Å². The lowest BCUT2D eigenvalue weighted by molar-refractivity contribution is 0.475. The van der Waals surface area contributed by atoms with Gasteiger partial charge in [-0.3, -0.25) is 0 Å². The second-order valence-corrected chi connectivity index (χ2v) is 4.14. The largest absolute Gasteiger partial charge is 0.439 e. The summed E-state index contributed by atoms with van der Waals surface area (Å²) in [5, 5.41) is 0. The maximum absolute atomic E-state index is 6.01. The summed E-state index contributed by atoms with van der Waals surface area (Å²) in [6.45, 7) is 0. The number of hydrogen-bond acceptors (Lipinski definition) is 4. The minimum atomic E-state index is 0.193. The third-order valence-corrected chi connectivity index (χ3v) is 2.85. The van der Waals surface area contributed by atoms with Gasteiger partial charge in [0.05, 0.1) is 0 Å². The van der Waals surface area contributed by atoms with Gasteiger partial charge in [0.1, 0.15) is 0 Å². The van der Waals surface area contributed by atoms with E-state index >= 15 is 0 Å². The second kappa shape index (κ2) is 3.31. The van der Waals surface area contributed by atoms with E-state index in [0.717, 1.165) is 12.0 Å². The third kappa shape index (κ3) is 1.72. The second-order valence-electron chi connectivity index (χ2n) is 4.14. The summed E-state index contributed by atoms with van der Waals surface area (Å²) in [5.74, 6) is 1.39. The van der Waals surface area contributed by atoms with Crippen molar-refractivity contribution in [1.82, 2.24) is 9.97 Å². The van der Waals surface area contributed by atoms with Gasteiger partial charge in [-0.2, -0.15) is 4.98 Å². The zero-order chi connectivity index (χ0) is 10.3. The molecule has 0 aliphatic heterocycles. The molecule has 2 aromatic heterocycles. The minimum absolute atomic E-state index is 0.193. The van der Waals surface area contributed by atoms with Crippen LogP contribution in [-0.4, -0.2) is 16.0 Å². The third-order valence-electron chi connectivity index (χ3n) is 2.85. The van der Waals surface area contributed by atoms with E-state index in [9.17, 15) is 0 Å². The molecule has 78 valence electrons. The predicted molar refractivity (Wildman–Crippen MR) is 56.2 cm³/mol. The van der Waals surface area contributed by atoms with E-state index in [0.29, 0.717) is 17.5 Å². The zero-order valence-electron chi connectivity index (χ0n) is 8.39. The van der Waals surface area contributed by atoms with Gasteiger partial charge in [-0.05, 0) is 30.9 Å². The van der Waals surface area contributed by atoms with E-state index in [2.05, 4.69) is 9.97 Å². The van der Waals surface area contributed by atoms with Crippen LogP contribution in [0.1, 0.15) is 18.7 Å². The van der Waals surface area contributed by atoms with E-state index < -0.39 is 0 Å². The van der Waals surface area contributed by atoms with Crippen molar-refractivity contribution < 1.29 is 4.42 Å². The van der Waals surface area contributed by atoms with Crippen molar-refractivity contribution in [2.45, 2.75) is 25.3 Å². The van der Waals surface area contributed by atoms with Crippen LogP contribution in [0.15, 0.2) is 22.7 Å². The minimum Gasteiger partial charge on any atom is -0.439 e. The Morgan fingerprint density at radius 3 is 3.13 bits per heavy atom. The summed E-state index contributed by atoms with van der Waals surface area (Å²) in [6, 6.07) is 3.91. The summed E-state index contributed by atoms with van der Waals surface area (Å²) in [4.78, 5) is 8.43. The smallest absolute Gasteiger partial charge is 0.198 e. The first-order valence-electron chi connectivity index (χ1n) is 5.29. The number of nitrogens with two attached hydrogens (primary N) is 1. The Labute approximate surface area is 87.5 Å². The molecular formula is C11H13N3O. The van der Waals surface area contributed by atoms with Crippen LogP contribution in [0.5, 0.6) is 0 Å². The van der Waals surface area contributed by atoms with Crippen LogP contribution in [0, 0.1) is 5.92 Å². The van der Waals surface area contributed by atoms with E-state index in [4.69, 9.17) is 10.2 Å². The van der Waals surface area contributed by atoms with E-state index in [1.807, 2.05) is 12.1 Å². The maximum atomic E-state index is 6.01. The Bertz CT molecular complexity index is 442. The van der Waals surface area contributed by atoms with E-state index in [1.54, 1.807) is 6.20 Å². The van der Waals surface area contributed by atoms with Gasteiger partial charge in [-0.15, -0.1) is 0 Å². The van der Waals surface area contributed by atoms with Gasteiger partial charge in [-0.1, -0.05) is 0 Å². The number of oxazole rings is 1. The fourth-order valence-corrected chi connectivity index (χ4v) is 1.79. The van der Waals surface area contributed by atoms with Crippen molar-refractivity contribution in [3.8, 4) is 0 Å². The molecule has 0 amide bonds. The number of aromatic nitrogens is 2. The first kappa shape index (κ1) is 8.85. The van der Waals surface area contributed by atoms with Gasteiger partial charge in [0, 0.05) is 18.7 Å². The molecule has 1 unspecified atom stereocenters. The van der Waals surface area contributed by atoms with Crippen molar-refractivity contribution >= 4 is 11.2 Å². The molecule has 2 aromatic rings. The van der Waals surface area contributed by atoms with Crippen LogP contribution in [0.25, 0.3) is 11.2 Å². The Hall–Kier alpha value is -1.42. The molecule has 3 rings (SSSR count).